The van der Waals surface area contributed by atoms with E-state index in [1.54, 1.807) is 6.42 Å². The van der Waals surface area contributed by atoms with Gasteiger partial charge in [0.05, 0.1) is 0 Å². The molecule has 2 rings (SSSR count). The molecule has 1 heteroatoms. The average molecular weight is 170 g/mol. The van der Waals surface area contributed by atoms with E-state index in [0.29, 0.717) is 0 Å². The van der Waals surface area contributed by atoms with Gasteiger partial charge in [-0.25, -0.2) is 0 Å². The van der Waals surface area contributed by atoms with Gasteiger partial charge in [0.15, 0.2) is 0 Å². The lowest BCUT2D eigenvalue weighted by molar-refractivity contribution is 0.274. The van der Waals surface area contributed by atoms with Crippen molar-refractivity contribution in [3.8, 4) is 0 Å². The van der Waals surface area contributed by atoms with E-state index in [1.807, 2.05) is 0 Å². The van der Waals surface area contributed by atoms with Crippen LogP contribution in [0.1, 0.15) is 39.0 Å². The van der Waals surface area contributed by atoms with Crippen LogP contribution in [-0.2, 0) is 0 Å². The van der Waals surface area contributed by atoms with Gasteiger partial charge in [-0.3, -0.25) is 0 Å². The standard InChI is InChI=1S/C10H18S/c1-2-8-3-4-10-9(7-8)5-6-11-10/h8-10H,2-7H2,1H3. The van der Waals surface area contributed by atoms with Gasteiger partial charge >= 0.3 is 0 Å². The number of rotatable bonds is 1. The summed E-state index contributed by atoms with van der Waals surface area (Å²) < 4.78 is 0. The van der Waals surface area contributed by atoms with Crippen molar-refractivity contribution >= 4 is 11.8 Å². The highest BCUT2D eigenvalue weighted by Crippen LogP contribution is 2.44. The molecule has 0 bridgehead atoms. The molecule has 1 saturated heterocycles. The predicted molar refractivity (Wildman–Crippen MR) is 52.0 cm³/mol. The normalized spacial score (nSPS) is 43.9. The van der Waals surface area contributed by atoms with Crippen molar-refractivity contribution in [1.29, 1.82) is 0 Å². The lowest BCUT2D eigenvalue weighted by Crippen LogP contribution is -2.22. The van der Waals surface area contributed by atoms with E-state index in [4.69, 9.17) is 0 Å². The van der Waals surface area contributed by atoms with E-state index in [-0.39, 0.29) is 0 Å². The Balaban J connectivity index is 1.91. The Bertz CT molecular complexity index is 133. The number of fused-ring (bicyclic) bond motifs is 1. The molecule has 1 saturated carbocycles. The van der Waals surface area contributed by atoms with E-state index in [9.17, 15) is 0 Å². The van der Waals surface area contributed by atoms with Crippen LogP contribution >= 0.6 is 11.8 Å². The van der Waals surface area contributed by atoms with Crippen molar-refractivity contribution in [2.24, 2.45) is 11.8 Å². The Kier molecular flexibility index (Phi) is 2.45. The second kappa shape index (κ2) is 3.38. The van der Waals surface area contributed by atoms with Crippen molar-refractivity contribution in [2.75, 3.05) is 5.75 Å². The maximum Gasteiger partial charge on any atom is 0.00758 e. The van der Waals surface area contributed by atoms with Crippen LogP contribution in [0.2, 0.25) is 0 Å². The van der Waals surface area contributed by atoms with Gasteiger partial charge < -0.3 is 0 Å². The molecule has 0 radical (unpaired) electrons. The van der Waals surface area contributed by atoms with Gasteiger partial charge in [-0.2, -0.15) is 11.8 Å². The van der Waals surface area contributed by atoms with Crippen LogP contribution in [0.5, 0.6) is 0 Å². The molecule has 11 heavy (non-hydrogen) atoms. The molecule has 0 spiro atoms. The molecule has 0 aromatic heterocycles. The first kappa shape index (κ1) is 7.97. The van der Waals surface area contributed by atoms with E-state index < -0.39 is 0 Å². The van der Waals surface area contributed by atoms with Gasteiger partial charge in [-0.1, -0.05) is 13.3 Å². The highest BCUT2D eigenvalue weighted by molar-refractivity contribution is 8.00. The van der Waals surface area contributed by atoms with Gasteiger partial charge in [0, 0.05) is 5.25 Å². The molecular weight excluding hydrogens is 152 g/mol. The van der Waals surface area contributed by atoms with Gasteiger partial charge in [0.2, 0.25) is 0 Å². The third-order valence-electron chi connectivity index (χ3n) is 3.42. The fourth-order valence-electron chi connectivity index (χ4n) is 2.60. The zero-order valence-electron chi connectivity index (χ0n) is 7.38. The third kappa shape index (κ3) is 1.58. The van der Waals surface area contributed by atoms with Crippen LogP contribution in [0.3, 0.4) is 0 Å². The average Bonchev–Trinajstić information content (AvgIpc) is 2.50. The topological polar surface area (TPSA) is 0 Å². The number of thioether (sulfide) groups is 1. The zero-order valence-corrected chi connectivity index (χ0v) is 8.20. The summed E-state index contributed by atoms with van der Waals surface area (Å²) >= 11 is 2.24. The minimum absolute atomic E-state index is 1.07. The van der Waals surface area contributed by atoms with Crippen LogP contribution in [0, 0.1) is 11.8 Å². The monoisotopic (exact) mass is 170 g/mol. The molecular formula is C10H18S. The Hall–Kier alpha value is 0.350. The van der Waals surface area contributed by atoms with E-state index >= 15 is 0 Å². The molecule has 1 aliphatic carbocycles. The first-order valence-corrected chi connectivity index (χ1v) is 6.06. The van der Waals surface area contributed by atoms with Gasteiger partial charge in [-0.05, 0) is 43.3 Å². The largest absolute Gasteiger partial charge is 0.158 e. The first-order valence-electron chi connectivity index (χ1n) is 5.01. The summed E-state index contributed by atoms with van der Waals surface area (Å²) in [4.78, 5) is 0. The van der Waals surface area contributed by atoms with Crippen LogP contribution in [0.15, 0.2) is 0 Å². The molecule has 1 aliphatic heterocycles. The molecule has 64 valence electrons. The second-order valence-corrected chi connectivity index (χ2v) is 5.39. The van der Waals surface area contributed by atoms with Crippen LogP contribution in [-0.4, -0.2) is 11.0 Å². The Labute approximate surface area is 74.1 Å². The van der Waals surface area contributed by atoms with Gasteiger partial charge in [0.1, 0.15) is 0 Å². The van der Waals surface area contributed by atoms with Crippen molar-refractivity contribution in [2.45, 2.75) is 44.3 Å². The van der Waals surface area contributed by atoms with Crippen molar-refractivity contribution in [3.05, 3.63) is 0 Å². The number of hydrogen-bond acceptors (Lipinski definition) is 1. The van der Waals surface area contributed by atoms with Crippen molar-refractivity contribution in [3.63, 3.8) is 0 Å². The Morgan fingerprint density at radius 2 is 2.18 bits per heavy atom. The summed E-state index contributed by atoms with van der Waals surface area (Å²) in [6, 6.07) is 0. The smallest absolute Gasteiger partial charge is 0.00758 e. The number of hydrogen-bond donors (Lipinski definition) is 0. The highest BCUT2D eigenvalue weighted by Gasteiger charge is 2.33. The fourth-order valence-corrected chi connectivity index (χ4v) is 4.16. The minimum Gasteiger partial charge on any atom is -0.158 e. The molecule has 0 nitrogen and oxygen atoms in total. The third-order valence-corrected chi connectivity index (χ3v) is 4.94. The summed E-state index contributed by atoms with van der Waals surface area (Å²) in [6.07, 6.45) is 7.53. The SMILES string of the molecule is CCC1CCC2SCCC2C1. The van der Waals surface area contributed by atoms with E-state index in [2.05, 4.69) is 18.7 Å². The Morgan fingerprint density at radius 1 is 1.27 bits per heavy atom. The lowest BCUT2D eigenvalue weighted by atomic mass is 9.79. The molecule has 0 N–H and O–H groups in total. The van der Waals surface area contributed by atoms with Gasteiger partial charge in [-0.15, -0.1) is 0 Å². The second-order valence-electron chi connectivity index (χ2n) is 4.05. The Morgan fingerprint density at radius 3 is 3.00 bits per heavy atom. The van der Waals surface area contributed by atoms with Crippen molar-refractivity contribution < 1.29 is 0 Å². The summed E-state index contributed by atoms with van der Waals surface area (Å²) in [6.45, 7) is 2.35. The summed E-state index contributed by atoms with van der Waals surface area (Å²) in [5, 5.41) is 1.07. The maximum absolute atomic E-state index is 2.35. The van der Waals surface area contributed by atoms with Crippen LogP contribution in [0.4, 0.5) is 0 Å². The predicted octanol–water partition coefficient (Wildman–Crippen LogP) is 3.32. The summed E-state index contributed by atoms with van der Waals surface area (Å²) in [5.41, 5.74) is 0. The maximum atomic E-state index is 2.35. The molecule has 3 atom stereocenters. The minimum atomic E-state index is 1.07. The molecule has 2 fully saturated rings. The fraction of sp³-hybridized carbons (Fsp3) is 1.00. The molecule has 1 heterocycles. The van der Waals surface area contributed by atoms with E-state index in [0.717, 1.165) is 17.1 Å². The molecule has 0 aromatic carbocycles. The summed E-state index contributed by atoms with van der Waals surface area (Å²) in [5.74, 6) is 3.64. The van der Waals surface area contributed by atoms with Crippen molar-refractivity contribution in [1.82, 2.24) is 0 Å². The molecule has 0 amide bonds. The van der Waals surface area contributed by atoms with Gasteiger partial charge in [0.25, 0.3) is 0 Å². The van der Waals surface area contributed by atoms with Crippen LogP contribution < -0.4 is 0 Å². The zero-order chi connectivity index (χ0) is 7.68. The quantitative estimate of drug-likeness (QED) is 0.582. The first-order chi connectivity index (χ1) is 5.40. The molecule has 3 unspecified atom stereocenters. The highest BCUT2D eigenvalue weighted by atomic mass is 32.2. The van der Waals surface area contributed by atoms with E-state index in [1.165, 1.54) is 31.4 Å². The molecule has 0 aromatic rings. The summed E-state index contributed by atoms with van der Waals surface area (Å²) in [7, 11) is 0. The molecule has 2 aliphatic rings. The van der Waals surface area contributed by atoms with Crippen LogP contribution in [0.25, 0.3) is 0 Å². The lowest BCUT2D eigenvalue weighted by Gasteiger charge is -2.30.